The molecule has 0 amide bonds. The van der Waals surface area contributed by atoms with Crippen LogP contribution in [0.25, 0.3) is 0 Å². The molecular formula is C7H18NO2+. The minimum atomic E-state index is 0.274. The molecule has 10 heavy (non-hydrogen) atoms. The van der Waals surface area contributed by atoms with E-state index in [1.54, 1.807) is 0 Å². The second-order valence-corrected chi connectivity index (χ2v) is 2.61. The van der Waals surface area contributed by atoms with Crippen molar-refractivity contribution in [3.05, 3.63) is 0 Å². The van der Waals surface area contributed by atoms with E-state index in [1.807, 2.05) is 0 Å². The van der Waals surface area contributed by atoms with Gasteiger partial charge in [0.15, 0.2) is 0 Å². The third kappa shape index (κ3) is 6.01. The molecule has 0 spiro atoms. The van der Waals surface area contributed by atoms with Crippen molar-refractivity contribution in [3.8, 4) is 0 Å². The van der Waals surface area contributed by atoms with Crippen LogP contribution < -0.4 is 4.90 Å². The summed E-state index contributed by atoms with van der Waals surface area (Å²) in [5, 5.41) is 17.0. The van der Waals surface area contributed by atoms with Crippen LogP contribution in [-0.2, 0) is 0 Å². The Labute approximate surface area is 62.3 Å². The highest BCUT2D eigenvalue weighted by Gasteiger charge is 1.98. The predicted molar refractivity (Wildman–Crippen MR) is 40.0 cm³/mol. The molecule has 0 unspecified atom stereocenters. The largest absolute Gasteiger partial charge is 0.396 e. The van der Waals surface area contributed by atoms with Gasteiger partial charge in [-0.2, -0.15) is 0 Å². The van der Waals surface area contributed by atoms with Crippen LogP contribution in [0, 0.1) is 0 Å². The lowest BCUT2D eigenvalue weighted by atomic mass is 10.3. The molecule has 0 heterocycles. The average molecular weight is 148 g/mol. The summed E-state index contributed by atoms with van der Waals surface area (Å²) in [4.78, 5) is 1.38. The van der Waals surface area contributed by atoms with E-state index in [1.165, 1.54) is 4.90 Å². The molecule has 0 bridgehead atoms. The van der Waals surface area contributed by atoms with Gasteiger partial charge in [0, 0.05) is 26.1 Å². The van der Waals surface area contributed by atoms with Gasteiger partial charge in [-0.05, 0) is 0 Å². The van der Waals surface area contributed by atoms with Crippen molar-refractivity contribution in [2.75, 3.05) is 33.4 Å². The summed E-state index contributed by atoms with van der Waals surface area (Å²) in [5.74, 6) is 0. The molecule has 62 valence electrons. The molecule has 3 heteroatoms. The van der Waals surface area contributed by atoms with Gasteiger partial charge in [0.1, 0.15) is 0 Å². The minimum absolute atomic E-state index is 0.274. The lowest BCUT2D eigenvalue weighted by Gasteiger charge is -2.11. The van der Waals surface area contributed by atoms with Crippen LogP contribution in [0.2, 0.25) is 0 Å². The fourth-order valence-corrected chi connectivity index (χ4v) is 0.887. The molecule has 0 radical (unpaired) electrons. The van der Waals surface area contributed by atoms with Crippen LogP contribution in [0.1, 0.15) is 12.8 Å². The van der Waals surface area contributed by atoms with E-state index < -0.39 is 0 Å². The Morgan fingerprint density at radius 3 is 1.70 bits per heavy atom. The van der Waals surface area contributed by atoms with E-state index in [0.717, 1.165) is 25.9 Å². The van der Waals surface area contributed by atoms with Gasteiger partial charge in [0.2, 0.25) is 0 Å². The topological polar surface area (TPSA) is 44.9 Å². The van der Waals surface area contributed by atoms with E-state index in [-0.39, 0.29) is 13.2 Å². The van der Waals surface area contributed by atoms with Gasteiger partial charge in [-0.1, -0.05) is 0 Å². The molecule has 0 aromatic heterocycles. The van der Waals surface area contributed by atoms with Crippen LogP contribution in [0.5, 0.6) is 0 Å². The summed E-state index contributed by atoms with van der Waals surface area (Å²) in [6.45, 7) is 2.54. The fourth-order valence-electron chi connectivity index (χ4n) is 0.887. The maximum absolute atomic E-state index is 8.48. The molecule has 3 nitrogen and oxygen atoms in total. The Bertz CT molecular complexity index is 60.6. The molecule has 0 aliphatic heterocycles. The van der Waals surface area contributed by atoms with E-state index in [0.29, 0.717) is 0 Å². The number of quaternary nitrogens is 1. The third-order valence-corrected chi connectivity index (χ3v) is 1.52. The SMILES string of the molecule is C[NH+](CCCO)CCCO. The van der Waals surface area contributed by atoms with E-state index in [4.69, 9.17) is 10.2 Å². The van der Waals surface area contributed by atoms with Crippen molar-refractivity contribution in [2.24, 2.45) is 0 Å². The number of rotatable bonds is 6. The second-order valence-electron chi connectivity index (χ2n) is 2.61. The van der Waals surface area contributed by atoms with E-state index in [9.17, 15) is 0 Å². The first-order valence-electron chi connectivity index (χ1n) is 3.84. The van der Waals surface area contributed by atoms with Crippen LogP contribution in [0.4, 0.5) is 0 Å². The zero-order chi connectivity index (χ0) is 7.82. The summed E-state index contributed by atoms with van der Waals surface area (Å²) >= 11 is 0. The maximum Gasteiger partial charge on any atom is 0.0791 e. The molecule has 0 atom stereocenters. The average Bonchev–Trinajstić information content (AvgIpc) is 1.97. The predicted octanol–water partition coefficient (Wildman–Crippen LogP) is -1.73. The molecule has 3 N–H and O–H groups in total. The van der Waals surface area contributed by atoms with Crippen LogP contribution in [-0.4, -0.2) is 43.6 Å². The molecule has 0 aliphatic carbocycles. The summed E-state index contributed by atoms with van der Waals surface area (Å²) < 4.78 is 0. The highest BCUT2D eigenvalue weighted by molar-refractivity contribution is 4.30. The number of hydrogen-bond acceptors (Lipinski definition) is 2. The standard InChI is InChI=1S/C7H17NO2/c1-8(4-2-6-9)5-3-7-10/h9-10H,2-7H2,1H3/p+1. The van der Waals surface area contributed by atoms with Crippen LogP contribution >= 0.6 is 0 Å². The Morgan fingerprint density at radius 1 is 1.00 bits per heavy atom. The molecule has 0 aliphatic rings. The molecule has 0 aromatic carbocycles. The van der Waals surface area contributed by atoms with Gasteiger partial charge in [0.05, 0.1) is 20.1 Å². The van der Waals surface area contributed by atoms with Crippen molar-refractivity contribution in [1.29, 1.82) is 0 Å². The first kappa shape index (κ1) is 9.88. The molecule has 0 saturated heterocycles. The van der Waals surface area contributed by atoms with Gasteiger partial charge in [0.25, 0.3) is 0 Å². The van der Waals surface area contributed by atoms with Crippen LogP contribution in [0.3, 0.4) is 0 Å². The summed E-state index contributed by atoms with van der Waals surface area (Å²) in [5.41, 5.74) is 0. The van der Waals surface area contributed by atoms with Crippen molar-refractivity contribution in [2.45, 2.75) is 12.8 Å². The van der Waals surface area contributed by atoms with Gasteiger partial charge in [-0.25, -0.2) is 0 Å². The number of hydrogen-bond donors (Lipinski definition) is 3. The number of nitrogens with one attached hydrogen (secondary N) is 1. The number of aliphatic hydroxyl groups excluding tert-OH is 2. The van der Waals surface area contributed by atoms with Gasteiger partial charge in [-0.15, -0.1) is 0 Å². The van der Waals surface area contributed by atoms with Crippen molar-refractivity contribution < 1.29 is 15.1 Å². The van der Waals surface area contributed by atoms with Gasteiger partial charge < -0.3 is 15.1 Å². The maximum atomic E-state index is 8.48. The van der Waals surface area contributed by atoms with Crippen molar-refractivity contribution in [3.63, 3.8) is 0 Å². The van der Waals surface area contributed by atoms with Crippen molar-refractivity contribution >= 4 is 0 Å². The monoisotopic (exact) mass is 148 g/mol. The Kier molecular flexibility index (Phi) is 6.91. The zero-order valence-corrected chi connectivity index (χ0v) is 6.64. The summed E-state index contributed by atoms with van der Waals surface area (Å²) in [7, 11) is 2.07. The zero-order valence-electron chi connectivity index (χ0n) is 6.64. The minimum Gasteiger partial charge on any atom is -0.396 e. The number of aliphatic hydroxyl groups is 2. The highest BCUT2D eigenvalue weighted by Crippen LogP contribution is 1.69. The Hall–Kier alpha value is -0.120. The first-order valence-corrected chi connectivity index (χ1v) is 3.84. The molecule has 0 saturated carbocycles. The van der Waals surface area contributed by atoms with Crippen LogP contribution in [0.15, 0.2) is 0 Å². The summed E-state index contributed by atoms with van der Waals surface area (Å²) in [6.07, 6.45) is 1.72. The Balaban J connectivity index is 3.00. The molecule has 0 fully saturated rings. The second kappa shape index (κ2) is 6.99. The molecule has 0 rings (SSSR count). The quantitative estimate of drug-likeness (QED) is 0.419. The summed E-state index contributed by atoms with van der Waals surface area (Å²) in [6, 6.07) is 0. The smallest absolute Gasteiger partial charge is 0.0791 e. The fraction of sp³-hybridized carbons (Fsp3) is 1.00. The molecule has 0 aromatic rings. The molecular weight excluding hydrogens is 130 g/mol. The van der Waals surface area contributed by atoms with Gasteiger partial charge >= 0.3 is 0 Å². The Morgan fingerprint density at radius 2 is 1.40 bits per heavy atom. The van der Waals surface area contributed by atoms with E-state index in [2.05, 4.69) is 7.05 Å². The first-order chi connectivity index (χ1) is 4.81. The normalized spacial score (nSPS) is 10.8. The van der Waals surface area contributed by atoms with E-state index >= 15 is 0 Å². The highest BCUT2D eigenvalue weighted by atomic mass is 16.3. The lowest BCUT2D eigenvalue weighted by Crippen LogP contribution is -3.09. The van der Waals surface area contributed by atoms with Crippen molar-refractivity contribution in [1.82, 2.24) is 0 Å². The van der Waals surface area contributed by atoms with Gasteiger partial charge in [-0.3, -0.25) is 0 Å². The third-order valence-electron chi connectivity index (χ3n) is 1.52. The lowest BCUT2D eigenvalue weighted by molar-refractivity contribution is -0.880.